The number of nitrogens with one attached hydrogen (secondary N) is 1. The lowest BCUT2D eigenvalue weighted by Gasteiger charge is -2.47. The van der Waals surface area contributed by atoms with Crippen molar-refractivity contribution in [2.45, 2.75) is 58.5 Å². The van der Waals surface area contributed by atoms with E-state index in [1.54, 1.807) is 0 Å². The molecule has 2 rings (SSSR count). The van der Waals surface area contributed by atoms with Crippen LogP contribution in [0, 0.1) is 5.92 Å². The molecule has 0 radical (unpaired) electrons. The zero-order valence-corrected chi connectivity index (χ0v) is 14.2. The molecule has 0 bridgehead atoms. The molecule has 1 heterocycles. The molecule has 2 nitrogen and oxygen atoms in total. The Morgan fingerprint density at radius 3 is 2.62 bits per heavy atom. The second-order valence-corrected chi connectivity index (χ2v) is 7.17. The van der Waals surface area contributed by atoms with Gasteiger partial charge in [-0.15, -0.1) is 0 Å². The van der Waals surface area contributed by atoms with Crippen LogP contribution < -0.4 is 5.32 Å². The zero-order valence-electron chi connectivity index (χ0n) is 14.2. The van der Waals surface area contributed by atoms with Crippen LogP contribution in [-0.2, 0) is 6.42 Å². The highest BCUT2D eigenvalue weighted by atomic mass is 15.3. The Morgan fingerprint density at radius 2 is 2.00 bits per heavy atom. The first-order valence-electron chi connectivity index (χ1n) is 8.57. The molecule has 1 aliphatic rings. The van der Waals surface area contributed by atoms with E-state index < -0.39 is 0 Å². The van der Waals surface area contributed by atoms with Crippen molar-refractivity contribution in [2.24, 2.45) is 5.92 Å². The van der Waals surface area contributed by atoms with E-state index in [1.165, 1.54) is 37.9 Å². The van der Waals surface area contributed by atoms with E-state index in [1.807, 2.05) is 0 Å². The number of benzene rings is 1. The van der Waals surface area contributed by atoms with Crippen LogP contribution in [0.1, 0.15) is 46.1 Å². The number of piperazine rings is 1. The monoisotopic (exact) mass is 288 g/mol. The molecule has 0 aliphatic carbocycles. The molecular weight excluding hydrogens is 256 g/mol. The van der Waals surface area contributed by atoms with Crippen LogP contribution in [-0.4, -0.2) is 36.1 Å². The van der Waals surface area contributed by atoms with Gasteiger partial charge in [0.05, 0.1) is 0 Å². The number of hydrogen-bond acceptors (Lipinski definition) is 2. The predicted molar refractivity (Wildman–Crippen MR) is 91.7 cm³/mol. The maximum Gasteiger partial charge on any atom is 0.0278 e. The lowest BCUT2D eigenvalue weighted by Crippen LogP contribution is -2.64. The quantitative estimate of drug-likeness (QED) is 0.858. The summed E-state index contributed by atoms with van der Waals surface area (Å²) in [5, 5.41) is 3.77. The molecule has 2 heteroatoms. The van der Waals surface area contributed by atoms with Gasteiger partial charge in [0.25, 0.3) is 0 Å². The molecule has 2 unspecified atom stereocenters. The number of nitrogens with zero attached hydrogens (tertiary/aromatic N) is 1. The lowest BCUT2D eigenvalue weighted by atomic mass is 9.89. The van der Waals surface area contributed by atoms with Gasteiger partial charge in [0.2, 0.25) is 0 Å². The van der Waals surface area contributed by atoms with Gasteiger partial charge in [-0.1, -0.05) is 51.1 Å². The summed E-state index contributed by atoms with van der Waals surface area (Å²) in [6.07, 6.45) is 3.65. The molecule has 21 heavy (non-hydrogen) atoms. The fourth-order valence-corrected chi connectivity index (χ4v) is 3.37. The lowest BCUT2D eigenvalue weighted by molar-refractivity contribution is 0.0595. The van der Waals surface area contributed by atoms with Crippen molar-refractivity contribution in [1.82, 2.24) is 10.2 Å². The van der Waals surface area contributed by atoms with E-state index in [2.05, 4.69) is 68.2 Å². The van der Waals surface area contributed by atoms with Gasteiger partial charge in [-0.3, -0.25) is 4.90 Å². The minimum absolute atomic E-state index is 0.290. The third-order valence-corrected chi connectivity index (χ3v) is 5.06. The highest BCUT2D eigenvalue weighted by Crippen LogP contribution is 2.23. The first kappa shape index (κ1) is 16.5. The van der Waals surface area contributed by atoms with E-state index in [0.29, 0.717) is 6.04 Å². The van der Waals surface area contributed by atoms with E-state index >= 15 is 0 Å². The van der Waals surface area contributed by atoms with Crippen LogP contribution in [0.5, 0.6) is 0 Å². The Labute approximate surface area is 130 Å². The highest BCUT2D eigenvalue weighted by Gasteiger charge is 2.35. The molecule has 1 fully saturated rings. The summed E-state index contributed by atoms with van der Waals surface area (Å²) in [4.78, 5) is 2.73. The van der Waals surface area contributed by atoms with Crippen LogP contribution in [0.3, 0.4) is 0 Å². The fraction of sp³-hybridized carbons (Fsp3) is 0.684. The Morgan fingerprint density at radius 1 is 1.29 bits per heavy atom. The van der Waals surface area contributed by atoms with Gasteiger partial charge in [-0.2, -0.15) is 0 Å². The summed E-state index contributed by atoms with van der Waals surface area (Å²) in [7, 11) is 0. The summed E-state index contributed by atoms with van der Waals surface area (Å²) < 4.78 is 0. The molecule has 0 amide bonds. The molecule has 0 spiro atoms. The average Bonchev–Trinajstić information content (AvgIpc) is 2.48. The third-order valence-electron chi connectivity index (χ3n) is 5.06. The van der Waals surface area contributed by atoms with E-state index in [0.717, 1.165) is 12.5 Å². The van der Waals surface area contributed by atoms with Gasteiger partial charge < -0.3 is 5.32 Å². The van der Waals surface area contributed by atoms with Gasteiger partial charge in [0, 0.05) is 24.7 Å². The van der Waals surface area contributed by atoms with Gasteiger partial charge in [-0.25, -0.2) is 0 Å². The molecule has 1 aliphatic heterocycles. The van der Waals surface area contributed by atoms with Gasteiger partial charge in [0.15, 0.2) is 0 Å². The molecule has 0 saturated carbocycles. The molecule has 1 N–H and O–H groups in total. The van der Waals surface area contributed by atoms with Gasteiger partial charge in [0.1, 0.15) is 0 Å². The number of hydrogen-bond donors (Lipinski definition) is 1. The van der Waals surface area contributed by atoms with E-state index in [4.69, 9.17) is 0 Å². The van der Waals surface area contributed by atoms with E-state index in [-0.39, 0.29) is 5.54 Å². The predicted octanol–water partition coefficient (Wildman–Crippen LogP) is 3.72. The summed E-state index contributed by atoms with van der Waals surface area (Å²) in [5.41, 5.74) is 1.75. The minimum atomic E-state index is 0.290. The Balaban J connectivity index is 1.90. The zero-order chi connectivity index (χ0) is 15.3. The maximum absolute atomic E-state index is 3.77. The summed E-state index contributed by atoms with van der Waals surface area (Å²) >= 11 is 0. The van der Waals surface area contributed by atoms with Crippen molar-refractivity contribution in [3.8, 4) is 0 Å². The largest absolute Gasteiger partial charge is 0.309 e. The Bertz CT molecular complexity index is 415. The maximum atomic E-state index is 3.77. The second kappa shape index (κ2) is 7.42. The molecule has 1 saturated heterocycles. The average molecular weight is 288 g/mol. The number of aryl methyl sites for hydroxylation is 1. The smallest absolute Gasteiger partial charge is 0.0278 e. The second-order valence-electron chi connectivity index (χ2n) is 7.17. The standard InChI is InChI=1S/C19H32N2/c1-5-19(4)15-21(18(14-20-19)16(2)3)13-9-12-17-10-7-6-8-11-17/h6-8,10-11,16,18,20H,5,9,12-15H2,1-4H3. The van der Waals surface area contributed by atoms with Crippen molar-refractivity contribution in [3.05, 3.63) is 35.9 Å². The van der Waals surface area contributed by atoms with Crippen molar-refractivity contribution in [1.29, 1.82) is 0 Å². The molecule has 1 aromatic carbocycles. The topological polar surface area (TPSA) is 15.3 Å². The molecule has 2 atom stereocenters. The van der Waals surface area contributed by atoms with Crippen LogP contribution in [0.15, 0.2) is 30.3 Å². The van der Waals surface area contributed by atoms with Crippen molar-refractivity contribution in [3.63, 3.8) is 0 Å². The summed E-state index contributed by atoms with van der Waals surface area (Å²) in [6.45, 7) is 12.9. The molecular formula is C19H32N2. The summed E-state index contributed by atoms with van der Waals surface area (Å²) in [6, 6.07) is 11.6. The normalized spacial score (nSPS) is 27.2. The van der Waals surface area contributed by atoms with Crippen molar-refractivity contribution < 1.29 is 0 Å². The number of rotatable bonds is 6. The van der Waals surface area contributed by atoms with Crippen LogP contribution in [0.2, 0.25) is 0 Å². The minimum Gasteiger partial charge on any atom is -0.309 e. The summed E-state index contributed by atoms with van der Waals surface area (Å²) in [5.74, 6) is 0.718. The van der Waals surface area contributed by atoms with Crippen molar-refractivity contribution in [2.75, 3.05) is 19.6 Å². The Kier molecular flexibility index (Phi) is 5.83. The fourth-order valence-electron chi connectivity index (χ4n) is 3.37. The SMILES string of the molecule is CCC1(C)CN(CCCc2ccccc2)C(C(C)C)CN1. The van der Waals surface area contributed by atoms with Crippen LogP contribution >= 0.6 is 0 Å². The third kappa shape index (κ3) is 4.55. The first-order valence-corrected chi connectivity index (χ1v) is 8.57. The highest BCUT2D eigenvalue weighted by molar-refractivity contribution is 5.14. The Hall–Kier alpha value is -0.860. The van der Waals surface area contributed by atoms with Gasteiger partial charge in [-0.05, 0) is 44.2 Å². The van der Waals surface area contributed by atoms with E-state index in [9.17, 15) is 0 Å². The molecule has 118 valence electrons. The first-order chi connectivity index (χ1) is 10.0. The molecule has 0 aromatic heterocycles. The van der Waals surface area contributed by atoms with Gasteiger partial charge >= 0.3 is 0 Å². The van der Waals surface area contributed by atoms with Crippen molar-refractivity contribution >= 4 is 0 Å². The molecule has 1 aromatic rings. The van der Waals surface area contributed by atoms with Crippen LogP contribution in [0.4, 0.5) is 0 Å². The van der Waals surface area contributed by atoms with Crippen LogP contribution in [0.25, 0.3) is 0 Å².